The van der Waals surface area contributed by atoms with Gasteiger partial charge in [0.25, 0.3) is 11.8 Å². The maximum absolute atomic E-state index is 12.3. The van der Waals surface area contributed by atoms with Crippen molar-refractivity contribution >= 4 is 11.8 Å². The standard InChI is InChI=1S/C25H36N6O2/c26-30(24(32)22-10-3-1-4-11-22)18-8-16-28-14-7-15-29(21-20-28)17-9-19-31(27)25(33)23-12-5-2-6-13-23/h1-6,10-13H,7-9,14-21,26-27H2. The molecule has 1 saturated heterocycles. The van der Waals surface area contributed by atoms with Crippen LogP contribution in [0.5, 0.6) is 0 Å². The van der Waals surface area contributed by atoms with Crippen molar-refractivity contribution in [1.29, 1.82) is 0 Å². The zero-order valence-corrected chi connectivity index (χ0v) is 19.3. The monoisotopic (exact) mass is 452 g/mol. The SMILES string of the molecule is NN(CCCN1CCCN(CCCN(N)C(=O)c2ccccc2)CC1)C(=O)c1ccccc1. The highest BCUT2D eigenvalue weighted by Gasteiger charge is 2.17. The van der Waals surface area contributed by atoms with Crippen LogP contribution in [0.2, 0.25) is 0 Å². The van der Waals surface area contributed by atoms with E-state index >= 15 is 0 Å². The summed E-state index contributed by atoms with van der Waals surface area (Å²) in [6.07, 6.45) is 2.79. The first-order valence-electron chi connectivity index (χ1n) is 11.7. The summed E-state index contributed by atoms with van der Waals surface area (Å²) < 4.78 is 0. The number of nitrogens with zero attached hydrogens (tertiary/aromatic N) is 4. The van der Waals surface area contributed by atoms with Crippen LogP contribution in [-0.2, 0) is 0 Å². The van der Waals surface area contributed by atoms with Gasteiger partial charge in [-0.25, -0.2) is 11.7 Å². The van der Waals surface area contributed by atoms with Crippen molar-refractivity contribution in [3.05, 3.63) is 71.8 Å². The lowest BCUT2D eigenvalue weighted by Gasteiger charge is -2.24. The summed E-state index contributed by atoms with van der Waals surface area (Å²) in [6.45, 7) is 6.99. The van der Waals surface area contributed by atoms with Crippen molar-refractivity contribution in [1.82, 2.24) is 19.8 Å². The Hall–Kier alpha value is -2.78. The molecule has 1 fully saturated rings. The molecule has 4 N–H and O–H groups in total. The number of nitrogens with two attached hydrogens (primary N) is 2. The predicted molar refractivity (Wildman–Crippen MR) is 130 cm³/mol. The van der Waals surface area contributed by atoms with Crippen LogP contribution in [0.3, 0.4) is 0 Å². The van der Waals surface area contributed by atoms with Crippen LogP contribution >= 0.6 is 0 Å². The largest absolute Gasteiger partial charge is 0.302 e. The maximum atomic E-state index is 12.3. The Morgan fingerprint density at radius 2 is 1.06 bits per heavy atom. The highest BCUT2D eigenvalue weighted by molar-refractivity contribution is 5.94. The van der Waals surface area contributed by atoms with Crippen molar-refractivity contribution in [2.75, 3.05) is 52.4 Å². The summed E-state index contributed by atoms with van der Waals surface area (Å²) in [7, 11) is 0. The number of rotatable bonds is 10. The van der Waals surface area contributed by atoms with Gasteiger partial charge in [0, 0.05) is 37.3 Å². The van der Waals surface area contributed by atoms with Gasteiger partial charge in [-0.2, -0.15) is 0 Å². The van der Waals surface area contributed by atoms with Crippen LogP contribution in [0.1, 0.15) is 40.0 Å². The molecule has 178 valence electrons. The molecule has 1 aliphatic heterocycles. The summed E-state index contributed by atoms with van der Waals surface area (Å²) in [4.78, 5) is 29.6. The summed E-state index contributed by atoms with van der Waals surface area (Å²) >= 11 is 0. The molecule has 2 aromatic rings. The van der Waals surface area contributed by atoms with Crippen molar-refractivity contribution in [3.8, 4) is 0 Å². The Bertz CT molecular complexity index is 792. The third kappa shape index (κ3) is 7.94. The Balaban J connectivity index is 1.31. The van der Waals surface area contributed by atoms with Gasteiger partial charge in [0.05, 0.1) is 0 Å². The second-order valence-corrected chi connectivity index (χ2v) is 8.47. The predicted octanol–water partition coefficient (Wildman–Crippen LogP) is 1.81. The van der Waals surface area contributed by atoms with E-state index in [1.165, 1.54) is 10.0 Å². The number of amides is 2. The van der Waals surface area contributed by atoms with Crippen molar-refractivity contribution < 1.29 is 9.59 Å². The average molecular weight is 453 g/mol. The van der Waals surface area contributed by atoms with Crippen LogP contribution in [0.25, 0.3) is 0 Å². The summed E-state index contributed by atoms with van der Waals surface area (Å²) in [5.74, 6) is 11.7. The van der Waals surface area contributed by atoms with Crippen LogP contribution in [-0.4, -0.2) is 84.0 Å². The van der Waals surface area contributed by atoms with Gasteiger partial charge in [0.1, 0.15) is 0 Å². The molecule has 2 amide bonds. The van der Waals surface area contributed by atoms with E-state index in [2.05, 4.69) is 9.80 Å². The van der Waals surface area contributed by atoms with E-state index in [4.69, 9.17) is 11.7 Å². The molecule has 0 radical (unpaired) electrons. The summed E-state index contributed by atoms with van der Waals surface area (Å²) in [5.41, 5.74) is 1.24. The Morgan fingerprint density at radius 1 is 0.667 bits per heavy atom. The van der Waals surface area contributed by atoms with Gasteiger partial charge in [0.2, 0.25) is 0 Å². The fraction of sp³-hybridized carbons (Fsp3) is 0.440. The average Bonchev–Trinajstić information content (AvgIpc) is 3.09. The molecule has 0 saturated carbocycles. The molecule has 33 heavy (non-hydrogen) atoms. The summed E-state index contributed by atoms with van der Waals surface area (Å²) in [6, 6.07) is 18.3. The maximum Gasteiger partial charge on any atom is 0.267 e. The molecule has 0 aromatic heterocycles. The Labute approximate surface area is 196 Å². The quantitative estimate of drug-likeness (QED) is 0.324. The molecular weight excluding hydrogens is 416 g/mol. The number of benzene rings is 2. The van der Waals surface area contributed by atoms with Gasteiger partial charge in [-0.1, -0.05) is 36.4 Å². The minimum Gasteiger partial charge on any atom is -0.302 e. The van der Waals surface area contributed by atoms with E-state index in [0.29, 0.717) is 24.2 Å². The van der Waals surface area contributed by atoms with E-state index in [0.717, 1.165) is 58.5 Å². The van der Waals surface area contributed by atoms with Crippen molar-refractivity contribution in [2.45, 2.75) is 19.3 Å². The molecule has 8 heteroatoms. The Kier molecular flexibility index (Phi) is 9.83. The number of carbonyl (C=O) groups excluding carboxylic acids is 2. The first-order chi connectivity index (χ1) is 16.0. The lowest BCUT2D eigenvalue weighted by atomic mass is 10.2. The van der Waals surface area contributed by atoms with Gasteiger partial charge < -0.3 is 9.80 Å². The van der Waals surface area contributed by atoms with E-state index in [9.17, 15) is 9.59 Å². The molecule has 0 unspecified atom stereocenters. The molecule has 0 spiro atoms. The third-order valence-electron chi connectivity index (χ3n) is 5.99. The lowest BCUT2D eigenvalue weighted by Crippen LogP contribution is -2.40. The first kappa shape index (κ1) is 24.9. The van der Waals surface area contributed by atoms with Crippen molar-refractivity contribution in [3.63, 3.8) is 0 Å². The minimum absolute atomic E-state index is 0.141. The summed E-state index contributed by atoms with van der Waals surface area (Å²) in [5, 5.41) is 2.63. The minimum atomic E-state index is -0.141. The van der Waals surface area contributed by atoms with E-state index < -0.39 is 0 Å². The molecule has 3 rings (SSSR count). The molecule has 2 aromatic carbocycles. The van der Waals surface area contributed by atoms with Crippen LogP contribution < -0.4 is 11.7 Å². The van der Waals surface area contributed by atoms with E-state index in [1.54, 1.807) is 24.3 Å². The fourth-order valence-electron chi connectivity index (χ4n) is 4.10. The number of hydrogen-bond donors (Lipinski definition) is 2. The third-order valence-corrected chi connectivity index (χ3v) is 5.99. The molecular formula is C25H36N6O2. The number of carbonyl (C=O) groups is 2. The lowest BCUT2D eigenvalue weighted by molar-refractivity contribution is 0.0739. The molecule has 1 aliphatic rings. The Morgan fingerprint density at radius 3 is 1.45 bits per heavy atom. The van der Waals surface area contributed by atoms with E-state index in [-0.39, 0.29) is 11.8 Å². The van der Waals surface area contributed by atoms with Gasteiger partial charge >= 0.3 is 0 Å². The van der Waals surface area contributed by atoms with Crippen LogP contribution in [0.15, 0.2) is 60.7 Å². The fourth-order valence-corrected chi connectivity index (χ4v) is 4.10. The van der Waals surface area contributed by atoms with Gasteiger partial charge in [-0.3, -0.25) is 19.6 Å². The highest BCUT2D eigenvalue weighted by atomic mass is 16.2. The molecule has 1 heterocycles. The topological polar surface area (TPSA) is 99.1 Å². The smallest absolute Gasteiger partial charge is 0.267 e. The second-order valence-electron chi connectivity index (χ2n) is 8.47. The molecule has 0 aliphatic carbocycles. The molecule has 8 nitrogen and oxygen atoms in total. The van der Waals surface area contributed by atoms with Crippen molar-refractivity contribution in [2.24, 2.45) is 11.7 Å². The number of hydrogen-bond acceptors (Lipinski definition) is 6. The number of hydrazine groups is 2. The van der Waals surface area contributed by atoms with Gasteiger partial charge in [0.15, 0.2) is 0 Å². The molecule has 0 atom stereocenters. The van der Waals surface area contributed by atoms with Crippen LogP contribution in [0, 0.1) is 0 Å². The second kappa shape index (κ2) is 13.1. The molecule has 0 bridgehead atoms. The van der Waals surface area contributed by atoms with Gasteiger partial charge in [-0.15, -0.1) is 0 Å². The van der Waals surface area contributed by atoms with Gasteiger partial charge in [-0.05, 0) is 69.7 Å². The first-order valence-corrected chi connectivity index (χ1v) is 11.7. The van der Waals surface area contributed by atoms with Crippen LogP contribution in [0.4, 0.5) is 0 Å². The zero-order chi connectivity index (χ0) is 23.5. The normalized spacial score (nSPS) is 15.1. The zero-order valence-electron chi connectivity index (χ0n) is 19.3. The highest BCUT2D eigenvalue weighted by Crippen LogP contribution is 2.07. The van der Waals surface area contributed by atoms with E-state index in [1.807, 2.05) is 36.4 Å².